The van der Waals surface area contributed by atoms with E-state index in [1.54, 1.807) is 7.11 Å². The number of ether oxygens (including phenoxy) is 1. The van der Waals surface area contributed by atoms with Crippen LogP contribution in [0.4, 0.5) is 0 Å². The van der Waals surface area contributed by atoms with Crippen LogP contribution in [0.15, 0.2) is 66.7 Å². The van der Waals surface area contributed by atoms with Crippen molar-refractivity contribution < 1.29 is 14.3 Å². The minimum atomic E-state index is -0.207. The predicted molar refractivity (Wildman–Crippen MR) is 148 cm³/mol. The number of likely N-dealkylation sites (tertiary alicyclic amines) is 1. The molecule has 1 heterocycles. The fourth-order valence-electron chi connectivity index (χ4n) is 5.10. The van der Waals surface area contributed by atoms with E-state index >= 15 is 0 Å². The first-order chi connectivity index (χ1) is 18.4. The molecule has 0 radical (unpaired) electrons. The van der Waals surface area contributed by atoms with Gasteiger partial charge in [0.2, 0.25) is 11.8 Å². The zero-order chi connectivity index (χ0) is 27.1. The standard InChI is InChI=1S/C31H34N4O3/c1-21-15-30(38-3)26(16-27(21)25-11-9-23(17-32)10-12-25)18-34-29-13-14-35(31(37)19-33-22(2)36)20-28(29)24-7-5-4-6-8-24/h4-12,15-16,28-29,34H,13-14,18-20H2,1-3H3,(H,33,36). The smallest absolute Gasteiger partial charge is 0.241 e. The van der Waals surface area contributed by atoms with Gasteiger partial charge < -0.3 is 20.3 Å². The number of hydrogen-bond donors (Lipinski definition) is 2. The number of hydrogen-bond acceptors (Lipinski definition) is 5. The number of nitriles is 1. The maximum absolute atomic E-state index is 12.7. The SMILES string of the molecule is COc1cc(C)c(-c2ccc(C#N)cc2)cc1CNC1CCN(C(=O)CNC(C)=O)CC1c1ccccc1. The van der Waals surface area contributed by atoms with E-state index in [1.165, 1.54) is 12.5 Å². The van der Waals surface area contributed by atoms with Crippen molar-refractivity contribution >= 4 is 11.8 Å². The van der Waals surface area contributed by atoms with E-state index in [1.807, 2.05) is 47.4 Å². The third-order valence-electron chi connectivity index (χ3n) is 7.19. The molecule has 196 valence electrons. The van der Waals surface area contributed by atoms with Crippen LogP contribution in [0.1, 0.15) is 41.5 Å². The van der Waals surface area contributed by atoms with Crippen LogP contribution in [-0.4, -0.2) is 49.5 Å². The Bertz CT molecular complexity index is 1320. The zero-order valence-electron chi connectivity index (χ0n) is 22.2. The van der Waals surface area contributed by atoms with E-state index in [0.29, 0.717) is 25.2 Å². The minimum Gasteiger partial charge on any atom is -0.496 e. The third-order valence-corrected chi connectivity index (χ3v) is 7.19. The molecule has 38 heavy (non-hydrogen) atoms. The van der Waals surface area contributed by atoms with Crippen LogP contribution in [0.5, 0.6) is 5.75 Å². The Hall–Kier alpha value is -4.15. The molecule has 2 atom stereocenters. The Labute approximate surface area is 224 Å². The molecule has 2 amide bonds. The van der Waals surface area contributed by atoms with Crippen molar-refractivity contribution in [2.24, 2.45) is 0 Å². The predicted octanol–water partition coefficient (Wildman–Crippen LogP) is 4.15. The molecular formula is C31H34N4O3. The van der Waals surface area contributed by atoms with Gasteiger partial charge in [-0.25, -0.2) is 0 Å². The topological polar surface area (TPSA) is 94.5 Å². The fourth-order valence-corrected chi connectivity index (χ4v) is 5.10. The number of piperidine rings is 1. The summed E-state index contributed by atoms with van der Waals surface area (Å²) in [6.07, 6.45) is 0.794. The average molecular weight is 511 g/mol. The van der Waals surface area contributed by atoms with Crippen LogP contribution in [0.3, 0.4) is 0 Å². The quantitative estimate of drug-likeness (QED) is 0.475. The number of carbonyl (C=O) groups excluding carboxylic acids is 2. The molecule has 2 unspecified atom stereocenters. The Balaban J connectivity index is 1.54. The van der Waals surface area contributed by atoms with E-state index in [4.69, 9.17) is 10.00 Å². The second-order valence-corrected chi connectivity index (χ2v) is 9.71. The maximum Gasteiger partial charge on any atom is 0.241 e. The summed E-state index contributed by atoms with van der Waals surface area (Å²) >= 11 is 0. The highest BCUT2D eigenvalue weighted by Crippen LogP contribution is 2.32. The minimum absolute atomic E-state index is 0.0215. The van der Waals surface area contributed by atoms with Gasteiger partial charge in [-0.15, -0.1) is 0 Å². The molecule has 0 aromatic heterocycles. The monoisotopic (exact) mass is 510 g/mol. The molecule has 0 spiro atoms. The van der Waals surface area contributed by atoms with Crippen LogP contribution in [0, 0.1) is 18.3 Å². The van der Waals surface area contributed by atoms with Crippen molar-refractivity contribution in [1.29, 1.82) is 5.26 Å². The van der Waals surface area contributed by atoms with Crippen LogP contribution in [-0.2, 0) is 16.1 Å². The van der Waals surface area contributed by atoms with Crippen LogP contribution >= 0.6 is 0 Å². The molecule has 2 N–H and O–H groups in total. The number of nitrogens with one attached hydrogen (secondary N) is 2. The molecule has 4 rings (SSSR count). The molecule has 1 aliphatic heterocycles. The summed E-state index contributed by atoms with van der Waals surface area (Å²) in [6.45, 7) is 5.32. The van der Waals surface area contributed by atoms with Gasteiger partial charge >= 0.3 is 0 Å². The van der Waals surface area contributed by atoms with Gasteiger partial charge in [0.1, 0.15) is 5.75 Å². The molecule has 1 saturated heterocycles. The summed E-state index contributed by atoms with van der Waals surface area (Å²) in [5.41, 5.74) is 6.12. The first-order valence-corrected chi connectivity index (χ1v) is 12.9. The van der Waals surface area contributed by atoms with Crippen molar-refractivity contribution in [3.05, 3.63) is 89.0 Å². The lowest BCUT2D eigenvalue weighted by Crippen LogP contribution is -2.51. The van der Waals surface area contributed by atoms with E-state index in [9.17, 15) is 9.59 Å². The van der Waals surface area contributed by atoms with Crippen LogP contribution in [0.25, 0.3) is 11.1 Å². The van der Waals surface area contributed by atoms with Crippen molar-refractivity contribution in [2.75, 3.05) is 26.7 Å². The summed E-state index contributed by atoms with van der Waals surface area (Å²) in [5, 5.41) is 15.5. The lowest BCUT2D eigenvalue weighted by molar-refractivity contribution is -0.133. The number of nitrogens with zero attached hydrogens (tertiary/aromatic N) is 2. The van der Waals surface area contributed by atoms with Gasteiger partial charge in [0, 0.05) is 44.1 Å². The first-order valence-electron chi connectivity index (χ1n) is 12.9. The number of methoxy groups -OCH3 is 1. The number of rotatable bonds is 8. The second-order valence-electron chi connectivity index (χ2n) is 9.71. The van der Waals surface area contributed by atoms with Gasteiger partial charge in [0.25, 0.3) is 0 Å². The summed E-state index contributed by atoms with van der Waals surface area (Å²) in [5.74, 6) is 0.668. The van der Waals surface area contributed by atoms with Gasteiger partial charge in [-0.05, 0) is 59.9 Å². The van der Waals surface area contributed by atoms with Crippen LogP contribution in [0.2, 0.25) is 0 Å². The fraction of sp³-hybridized carbons (Fsp3) is 0.323. The lowest BCUT2D eigenvalue weighted by atomic mass is 9.85. The highest BCUT2D eigenvalue weighted by Gasteiger charge is 2.32. The van der Waals surface area contributed by atoms with Crippen molar-refractivity contribution in [2.45, 2.75) is 38.8 Å². The summed E-state index contributed by atoms with van der Waals surface area (Å²) in [7, 11) is 1.69. The molecule has 7 heteroatoms. The van der Waals surface area contributed by atoms with Crippen molar-refractivity contribution in [3.8, 4) is 22.9 Å². The molecule has 3 aromatic rings. The van der Waals surface area contributed by atoms with Gasteiger partial charge in [-0.3, -0.25) is 9.59 Å². The highest BCUT2D eigenvalue weighted by atomic mass is 16.5. The highest BCUT2D eigenvalue weighted by molar-refractivity contribution is 5.83. The van der Waals surface area contributed by atoms with Gasteiger partial charge in [-0.1, -0.05) is 42.5 Å². The Morgan fingerprint density at radius 3 is 2.50 bits per heavy atom. The van der Waals surface area contributed by atoms with E-state index in [2.05, 4.69) is 47.9 Å². The average Bonchev–Trinajstić information content (AvgIpc) is 2.95. The Kier molecular flexibility index (Phi) is 8.77. The second kappa shape index (κ2) is 12.4. The third kappa shape index (κ3) is 6.39. The molecule has 7 nitrogen and oxygen atoms in total. The van der Waals surface area contributed by atoms with Crippen molar-refractivity contribution in [3.63, 3.8) is 0 Å². The molecule has 0 saturated carbocycles. The Morgan fingerprint density at radius 1 is 1.11 bits per heavy atom. The molecule has 0 aliphatic carbocycles. The molecule has 1 fully saturated rings. The summed E-state index contributed by atoms with van der Waals surface area (Å²) in [4.78, 5) is 25.9. The van der Waals surface area contributed by atoms with Gasteiger partial charge in [0.05, 0.1) is 25.3 Å². The van der Waals surface area contributed by atoms with E-state index < -0.39 is 0 Å². The molecular weight excluding hydrogens is 476 g/mol. The van der Waals surface area contributed by atoms with Gasteiger partial charge in [0.15, 0.2) is 0 Å². The van der Waals surface area contributed by atoms with Crippen LogP contribution < -0.4 is 15.4 Å². The number of benzene rings is 3. The largest absolute Gasteiger partial charge is 0.496 e. The van der Waals surface area contributed by atoms with Gasteiger partial charge in [-0.2, -0.15) is 5.26 Å². The molecule has 3 aromatic carbocycles. The summed E-state index contributed by atoms with van der Waals surface area (Å²) < 4.78 is 5.73. The summed E-state index contributed by atoms with van der Waals surface area (Å²) in [6, 6.07) is 24.4. The number of aryl methyl sites for hydroxylation is 1. The van der Waals surface area contributed by atoms with E-state index in [0.717, 1.165) is 34.4 Å². The lowest BCUT2D eigenvalue weighted by Gasteiger charge is -2.39. The zero-order valence-corrected chi connectivity index (χ0v) is 22.2. The van der Waals surface area contributed by atoms with E-state index in [-0.39, 0.29) is 30.3 Å². The molecule has 0 bridgehead atoms. The normalized spacial score (nSPS) is 16.9. The molecule has 1 aliphatic rings. The Morgan fingerprint density at radius 2 is 1.84 bits per heavy atom. The van der Waals surface area contributed by atoms with Crippen molar-refractivity contribution in [1.82, 2.24) is 15.5 Å². The maximum atomic E-state index is 12.7. The number of amides is 2. The number of carbonyl (C=O) groups is 2. The first kappa shape index (κ1) is 26.9.